The van der Waals surface area contributed by atoms with Gasteiger partial charge in [0.25, 0.3) is 0 Å². The van der Waals surface area contributed by atoms with Gasteiger partial charge in [0.15, 0.2) is 0 Å². The molecule has 0 aromatic carbocycles. The smallest absolute Gasteiger partial charge is 0.0544 e. The summed E-state index contributed by atoms with van der Waals surface area (Å²) in [6, 6.07) is 6.14. The first-order valence-electron chi connectivity index (χ1n) is 6.04. The Labute approximate surface area is 97.9 Å². The largest absolute Gasteiger partial charge is 0.315 e. The predicted octanol–water partition coefficient (Wildman–Crippen LogP) is 1.66. The molecule has 1 aromatic rings. The van der Waals surface area contributed by atoms with Crippen molar-refractivity contribution in [3.05, 3.63) is 30.1 Å². The summed E-state index contributed by atoms with van der Waals surface area (Å²) in [6.07, 6.45) is 3.09. The molecule has 0 bridgehead atoms. The van der Waals surface area contributed by atoms with Crippen LogP contribution < -0.4 is 5.32 Å². The lowest BCUT2D eigenvalue weighted by atomic mass is 10.0. The van der Waals surface area contributed by atoms with Crippen molar-refractivity contribution in [2.75, 3.05) is 19.6 Å². The highest BCUT2D eigenvalue weighted by molar-refractivity contribution is 5.04. The lowest BCUT2D eigenvalue weighted by molar-refractivity contribution is 0.123. The molecule has 2 rings (SSSR count). The first-order valence-corrected chi connectivity index (χ1v) is 6.04. The molecule has 1 aliphatic heterocycles. The molecule has 0 aliphatic carbocycles. The second-order valence-electron chi connectivity index (χ2n) is 5.09. The molecule has 1 aromatic heterocycles. The highest BCUT2D eigenvalue weighted by Gasteiger charge is 2.28. The Morgan fingerprint density at radius 3 is 3.06 bits per heavy atom. The zero-order valence-corrected chi connectivity index (χ0v) is 10.2. The van der Waals surface area contributed by atoms with Crippen LogP contribution >= 0.6 is 0 Å². The second kappa shape index (κ2) is 4.93. The standard InChI is InChI=1S/C13H21N3/c1-13(2)11-14-7-5-9-16(13)10-12-6-3-4-8-15-12/h3-4,6,8,14H,5,7,9-11H2,1-2H3. The van der Waals surface area contributed by atoms with E-state index >= 15 is 0 Å². The number of rotatable bonds is 2. The van der Waals surface area contributed by atoms with Crippen molar-refractivity contribution in [3.63, 3.8) is 0 Å². The van der Waals surface area contributed by atoms with E-state index in [4.69, 9.17) is 0 Å². The van der Waals surface area contributed by atoms with Gasteiger partial charge in [-0.25, -0.2) is 0 Å². The molecular weight excluding hydrogens is 198 g/mol. The lowest BCUT2D eigenvalue weighted by Gasteiger charge is -2.36. The molecule has 1 saturated heterocycles. The average molecular weight is 219 g/mol. The van der Waals surface area contributed by atoms with Gasteiger partial charge in [0, 0.05) is 31.4 Å². The maximum atomic E-state index is 4.41. The third kappa shape index (κ3) is 2.80. The average Bonchev–Trinajstić information content (AvgIpc) is 2.43. The Balaban J connectivity index is 2.07. The third-order valence-corrected chi connectivity index (χ3v) is 3.27. The summed E-state index contributed by atoms with van der Waals surface area (Å²) in [4.78, 5) is 6.93. The van der Waals surface area contributed by atoms with Crippen molar-refractivity contribution >= 4 is 0 Å². The van der Waals surface area contributed by atoms with Gasteiger partial charge >= 0.3 is 0 Å². The molecule has 0 atom stereocenters. The summed E-state index contributed by atoms with van der Waals surface area (Å²) in [7, 11) is 0. The molecule has 0 radical (unpaired) electrons. The number of hydrogen-bond acceptors (Lipinski definition) is 3. The van der Waals surface area contributed by atoms with Crippen molar-refractivity contribution in [2.45, 2.75) is 32.4 Å². The zero-order valence-electron chi connectivity index (χ0n) is 10.2. The SMILES string of the molecule is CC1(C)CNCCCN1Cc1ccccn1. The molecule has 3 nitrogen and oxygen atoms in total. The van der Waals surface area contributed by atoms with Crippen molar-refractivity contribution < 1.29 is 0 Å². The van der Waals surface area contributed by atoms with E-state index in [1.54, 1.807) is 0 Å². The molecule has 1 fully saturated rings. The Hall–Kier alpha value is -0.930. The molecule has 0 spiro atoms. The Bertz CT molecular complexity index is 321. The van der Waals surface area contributed by atoms with E-state index < -0.39 is 0 Å². The van der Waals surface area contributed by atoms with E-state index in [9.17, 15) is 0 Å². The van der Waals surface area contributed by atoms with Gasteiger partial charge in [0.1, 0.15) is 0 Å². The molecule has 1 N–H and O–H groups in total. The van der Waals surface area contributed by atoms with Crippen molar-refractivity contribution in [1.82, 2.24) is 15.2 Å². The van der Waals surface area contributed by atoms with E-state index in [0.717, 1.165) is 31.9 Å². The summed E-state index contributed by atoms with van der Waals surface area (Å²) in [5.41, 5.74) is 1.38. The molecule has 2 heterocycles. The van der Waals surface area contributed by atoms with Gasteiger partial charge in [-0.15, -0.1) is 0 Å². The normalized spacial score (nSPS) is 21.6. The molecule has 16 heavy (non-hydrogen) atoms. The van der Waals surface area contributed by atoms with Crippen LogP contribution in [0.5, 0.6) is 0 Å². The number of nitrogens with one attached hydrogen (secondary N) is 1. The topological polar surface area (TPSA) is 28.2 Å². The van der Waals surface area contributed by atoms with Crippen LogP contribution in [0.2, 0.25) is 0 Å². The lowest BCUT2D eigenvalue weighted by Crippen LogP contribution is -2.48. The van der Waals surface area contributed by atoms with Gasteiger partial charge in [-0.1, -0.05) is 6.07 Å². The van der Waals surface area contributed by atoms with Gasteiger partial charge in [0.05, 0.1) is 5.69 Å². The summed E-state index contributed by atoms with van der Waals surface area (Å²) in [5, 5.41) is 3.49. The molecule has 0 amide bonds. The van der Waals surface area contributed by atoms with E-state index in [1.807, 2.05) is 12.3 Å². The van der Waals surface area contributed by atoms with E-state index in [0.29, 0.717) is 0 Å². The maximum Gasteiger partial charge on any atom is 0.0544 e. The van der Waals surface area contributed by atoms with Gasteiger partial charge in [0.2, 0.25) is 0 Å². The predicted molar refractivity (Wildman–Crippen MR) is 66.2 cm³/mol. The fraction of sp³-hybridized carbons (Fsp3) is 0.615. The van der Waals surface area contributed by atoms with Crippen LogP contribution in [0.3, 0.4) is 0 Å². The van der Waals surface area contributed by atoms with Gasteiger partial charge in [-0.2, -0.15) is 0 Å². The third-order valence-electron chi connectivity index (χ3n) is 3.27. The van der Waals surface area contributed by atoms with Gasteiger partial charge < -0.3 is 5.32 Å². The minimum Gasteiger partial charge on any atom is -0.315 e. The summed E-state index contributed by atoms with van der Waals surface area (Å²) >= 11 is 0. The minimum absolute atomic E-state index is 0.216. The van der Waals surface area contributed by atoms with Crippen LogP contribution in [0, 0.1) is 0 Å². The fourth-order valence-electron chi connectivity index (χ4n) is 2.18. The number of hydrogen-bond donors (Lipinski definition) is 1. The highest BCUT2D eigenvalue weighted by Crippen LogP contribution is 2.18. The van der Waals surface area contributed by atoms with Crippen LogP contribution in [0.4, 0.5) is 0 Å². The molecule has 0 unspecified atom stereocenters. The molecular formula is C13H21N3. The van der Waals surface area contributed by atoms with E-state index in [1.165, 1.54) is 6.42 Å². The van der Waals surface area contributed by atoms with E-state index in [-0.39, 0.29) is 5.54 Å². The molecule has 1 aliphatic rings. The molecule has 0 saturated carbocycles. The van der Waals surface area contributed by atoms with Gasteiger partial charge in [-0.05, 0) is 38.9 Å². The number of aromatic nitrogens is 1. The zero-order chi connectivity index (χ0) is 11.4. The Kier molecular flexibility index (Phi) is 3.56. The summed E-state index contributed by atoms with van der Waals surface area (Å²) in [5.74, 6) is 0. The van der Waals surface area contributed by atoms with E-state index in [2.05, 4.69) is 41.2 Å². The molecule has 88 valence electrons. The minimum atomic E-state index is 0.216. The Morgan fingerprint density at radius 1 is 1.44 bits per heavy atom. The van der Waals surface area contributed by atoms with Crippen molar-refractivity contribution in [1.29, 1.82) is 0 Å². The summed E-state index contributed by atoms with van der Waals surface area (Å²) < 4.78 is 0. The van der Waals surface area contributed by atoms with Crippen LogP contribution in [0.25, 0.3) is 0 Å². The maximum absolute atomic E-state index is 4.41. The van der Waals surface area contributed by atoms with Crippen molar-refractivity contribution in [3.8, 4) is 0 Å². The van der Waals surface area contributed by atoms with Crippen LogP contribution in [0.15, 0.2) is 24.4 Å². The number of pyridine rings is 1. The monoisotopic (exact) mass is 219 g/mol. The fourth-order valence-corrected chi connectivity index (χ4v) is 2.18. The quantitative estimate of drug-likeness (QED) is 0.820. The first-order chi connectivity index (χ1) is 7.68. The van der Waals surface area contributed by atoms with Gasteiger partial charge in [-0.3, -0.25) is 9.88 Å². The highest BCUT2D eigenvalue weighted by atomic mass is 15.2. The van der Waals surface area contributed by atoms with Crippen LogP contribution in [-0.2, 0) is 6.54 Å². The van der Waals surface area contributed by atoms with Crippen molar-refractivity contribution in [2.24, 2.45) is 0 Å². The number of nitrogens with zero attached hydrogens (tertiary/aromatic N) is 2. The first kappa shape index (κ1) is 11.6. The van der Waals surface area contributed by atoms with Crippen LogP contribution in [-0.4, -0.2) is 35.1 Å². The summed E-state index contributed by atoms with van der Waals surface area (Å²) in [6.45, 7) is 8.89. The molecule has 3 heteroatoms. The Morgan fingerprint density at radius 2 is 2.31 bits per heavy atom. The van der Waals surface area contributed by atoms with Crippen LogP contribution in [0.1, 0.15) is 26.0 Å². The second-order valence-corrected chi connectivity index (χ2v) is 5.09.